The molecule has 1 aromatic heterocycles. The normalized spacial score (nSPS) is 20.7. The van der Waals surface area contributed by atoms with E-state index in [0.717, 1.165) is 36.1 Å². The topological polar surface area (TPSA) is 54.2 Å². The highest BCUT2D eigenvalue weighted by Crippen LogP contribution is 2.18. The van der Waals surface area contributed by atoms with Gasteiger partial charge in [0.2, 0.25) is 0 Å². The number of likely N-dealkylation sites (tertiary alicyclic amines) is 1. The zero-order chi connectivity index (χ0) is 12.3. The molecule has 4 heteroatoms. The number of nitrogens with two attached hydrogens (primary N) is 1. The van der Waals surface area contributed by atoms with Crippen molar-refractivity contribution in [2.75, 3.05) is 37.2 Å². The van der Waals surface area contributed by atoms with Crippen LogP contribution in [-0.4, -0.2) is 36.1 Å². The Labute approximate surface area is 103 Å². The van der Waals surface area contributed by atoms with Gasteiger partial charge in [-0.25, -0.2) is 4.98 Å². The molecule has 1 aromatic rings. The van der Waals surface area contributed by atoms with Crippen LogP contribution in [0.4, 0.5) is 11.5 Å². The second-order valence-electron chi connectivity index (χ2n) is 4.86. The van der Waals surface area contributed by atoms with E-state index < -0.39 is 0 Å². The van der Waals surface area contributed by atoms with Gasteiger partial charge in [-0.05, 0) is 44.0 Å². The maximum Gasteiger partial charge on any atom is 0.129 e. The predicted molar refractivity (Wildman–Crippen MR) is 72.1 cm³/mol. The Balaban J connectivity index is 1.86. The van der Waals surface area contributed by atoms with E-state index in [1.807, 2.05) is 13.0 Å². The molecule has 1 atom stereocenters. The second kappa shape index (κ2) is 5.36. The molecule has 0 saturated carbocycles. The van der Waals surface area contributed by atoms with Crippen LogP contribution in [0.3, 0.4) is 0 Å². The van der Waals surface area contributed by atoms with E-state index in [-0.39, 0.29) is 0 Å². The van der Waals surface area contributed by atoms with Gasteiger partial charge in [0.15, 0.2) is 0 Å². The molecule has 1 fully saturated rings. The molecule has 2 rings (SSSR count). The molecule has 2 heterocycles. The molecule has 0 aliphatic carbocycles. The molecule has 0 amide bonds. The van der Waals surface area contributed by atoms with Crippen molar-refractivity contribution in [3.8, 4) is 0 Å². The van der Waals surface area contributed by atoms with E-state index in [0.29, 0.717) is 0 Å². The van der Waals surface area contributed by atoms with E-state index in [2.05, 4.69) is 22.1 Å². The molecule has 0 bridgehead atoms. The van der Waals surface area contributed by atoms with Crippen LogP contribution >= 0.6 is 0 Å². The zero-order valence-electron chi connectivity index (χ0n) is 10.7. The van der Waals surface area contributed by atoms with Crippen LogP contribution in [0.1, 0.15) is 18.9 Å². The minimum atomic E-state index is 0.728. The molecule has 3 N–H and O–H groups in total. The first-order valence-electron chi connectivity index (χ1n) is 6.37. The lowest BCUT2D eigenvalue weighted by molar-refractivity contribution is 0.345. The van der Waals surface area contributed by atoms with Gasteiger partial charge in [-0.2, -0.15) is 0 Å². The lowest BCUT2D eigenvalue weighted by atomic mass is 10.1. The van der Waals surface area contributed by atoms with Crippen molar-refractivity contribution in [3.05, 3.63) is 17.8 Å². The fraction of sp³-hybridized carbons (Fsp3) is 0.615. The number of hydrogen-bond donors (Lipinski definition) is 2. The maximum absolute atomic E-state index is 5.69. The van der Waals surface area contributed by atoms with Gasteiger partial charge in [0.1, 0.15) is 5.82 Å². The summed E-state index contributed by atoms with van der Waals surface area (Å²) in [6, 6.07) is 1.96. The molecule has 0 aromatic carbocycles. The molecular formula is C13H22N4. The van der Waals surface area contributed by atoms with Crippen molar-refractivity contribution in [1.82, 2.24) is 9.88 Å². The largest absolute Gasteiger partial charge is 0.397 e. The van der Waals surface area contributed by atoms with Crippen molar-refractivity contribution < 1.29 is 0 Å². The van der Waals surface area contributed by atoms with Crippen LogP contribution in [0.2, 0.25) is 0 Å². The third-order valence-electron chi connectivity index (χ3n) is 3.47. The monoisotopic (exact) mass is 234 g/mol. The van der Waals surface area contributed by atoms with Crippen LogP contribution in [0.15, 0.2) is 12.3 Å². The minimum absolute atomic E-state index is 0.728. The number of rotatable bonds is 4. The first kappa shape index (κ1) is 12.2. The number of nitrogen functional groups attached to an aromatic ring is 1. The fourth-order valence-corrected chi connectivity index (χ4v) is 2.39. The van der Waals surface area contributed by atoms with Gasteiger partial charge in [-0.3, -0.25) is 0 Å². The predicted octanol–water partition coefficient (Wildman–Crippen LogP) is 1.73. The maximum atomic E-state index is 5.69. The van der Waals surface area contributed by atoms with Crippen LogP contribution in [0.25, 0.3) is 0 Å². The van der Waals surface area contributed by atoms with Gasteiger partial charge in [0.05, 0.1) is 11.9 Å². The van der Waals surface area contributed by atoms with Gasteiger partial charge < -0.3 is 16.0 Å². The first-order valence-corrected chi connectivity index (χ1v) is 6.37. The number of anilines is 2. The molecule has 1 aliphatic heterocycles. The quantitative estimate of drug-likeness (QED) is 0.833. The highest BCUT2D eigenvalue weighted by Gasteiger charge is 2.20. The summed E-state index contributed by atoms with van der Waals surface area (Å²) in [5.74, 6) is 1.71. The van der Waals surface area contributed by atoms with Crippen LogP contribution in [-0.2, 0) is 0 Å². The van der Waals surface area contributed by atoms with Crippen LogP contribution in [0.5, 0.6) is 0 Å². The van der Waals surface area contributed by atoms with E-state index in [9.17, 15) is 0 Å². The molecule has 0 radical (unpaired) electrons. The van der Waals surface area contributed by atoms with Gasteiger partial charge >= 0.3 is 0 Å². The fourth-order valence-electron chi connectivity index (χ4n) is 2.39. The van der Waals surface area contributed by atoms with E-state index in [1.54, 1.807) is 6.20 Å². The summed E-state index contributed by atoms with van der Waals surface area (Å²) < 4.78 is 0. The highest BCUT2D eigenvalue weighted by atomic mass is 15.1. The zero-order valence-corrected chi connectivity index (χ0v) is 10.7. The lowest BCUT2D eigenvalue weighted by Crippen LogP contribution is -2.22. The van der Waals surface area contributed by atoms with Crippen LogP contribution < -0.4 is 11.1 Å². The van der Waals surface area contributed by atoms with Crippen LogP contribution in [0, 0.1) is 12.8 Å². The Morgan fingerprint density at radius 2 is 2.41 bits per heavy atom. The highest BCUT2D eigenvalue weighted by molar-refractivity contribution is 5.50. The average Bonchev–Trinajstić information content (AvgIpc) is 2.76. The summed E-state index contributed by atoms with van der Waals surface area (Å²) in [6.07, 6.45) is 3.00. The summed E-state index contributed by atoms with van der Waals surface area (Å²) in [6.45, 7) is 8.87. The summed E-state index contributed by atoms with van der Waals surface area (Å²) in [4.78, 5) is 6.82. The number of aryl methyl sites for hydroxylation is 1. The summed E-state index contributed by atoms with van der Waals surface area (Å²) in [5, 5.41) is 3.43. The number of hydrogen-bond acceptors (Lipinski definition) is 4. The summed E-state index contributed by atoms with van der Waals surface area (Å²) in [7, 11) is 0. The Kier molecular flexibility index (Phi) is 3.84. The van der Waals surface area contributed by atoms with Crippen molar-refractivity contribution in [2.24, 2.45) is 5.92 Å². The minimum Gasteiger partial charge on any atom is -0.397 e. The molecular weight excluding hydrogens is 212 g/mol. The molecule has 94 valence electrons. The number of pyridine rings is 1. The third-order valence-corrected chi connectivity index (χ3v) is 3.47. The smallest absolute Gasteiger partial charge is 0.129 e. The Morgan fingerprint density at radius 3 is 3.06 bits per heavy atom. The summed E-state index contributed by atoms with van der Waals surface area (Å²) in [5.41, 5.74) is 7.53. The molecule has 17 heavy (non-hydrogen) atoms. The third kappa shape index (κ3) is 3.09. The first-order chi connectivity index (χ1) is 8.19. The second-order valence-corrected chi connectivity index (χ2v) is 4.86. The Hall–Kier alpha value is -1.29. The van der Waals surface area contributed by atoms with E-state index in [1.165, 1.54) is 19.5 Å². The number of nitrogens with one attached hydrogen (secondary N) is 1. The van der Waals surface area contributed by atoms with Crippen molar-refractivity contribution in [1.29, 1.82) is 0 Å². The van der Waals surface area contributed by atoms with Crippen molar-refractivity contribution in [3.63, 3.8) is 0 Å². The molecule has 1 unspecified atom stereocenters. The van der Waals surface area contributed by atoms with Gasteiger partial charge in [-0.15, -0.1) is 0 Å². The summed E-state index contributed by atoms with van der Waals surface area (Å²) >= 11 is 0. The van der Waals surface area contributed by atoms with Crippen molar-refractivity contribution in [2.45, 2.75) is 20.3 Å². The lowest BCUT2D eigenvalue weighted by Gasteiger charge is -2.15. The Morgan fingerprint density at radius 1 is 1.59 bits per heavy atom. The molecule has 1 aliphatic rings. The van der Waals surface area contributed by atoms with E-state index >= 15 is 0 Å². The van der Waals surface area contributed by atoms with Gasteiger partial charge in [-0.1, -0.05) is 6.92 Å². The standard InChI is InChI=1S/C13H22N4/c1-3-17-5-4-11(9-17)7-15-13-10(2)6-12(14)8-16-13/h6,8,11H,3-5,7,9,14H2,1-2H3,(H,15,16). The number of nitrogens with zero attached hydrogens (tertiary/aromatic N) is 2. The molecule has 0 spiro atoms. The molecule has 1 saturated heterocycles. The number of aromatic nitrogens is 1. The van der Waals surface area contributed by atoms with Crippen molar-refractivity contribution >= 4 is 11.5 Å². The molecule has 4 nitrogen and oxygen atoms in total. The Bertz CT molecular complexity index is 378. The SMILES string of the molecule is CCN1CCC(CNc2ncc(N)cc2C)C1. The van der Waals surface area contributed by atoms with Gasteiger partial charge in [0, 0.05) is 13.1 Å². The van der Waals surface area contributed by atoms with Gasteiger partial charge in [0.25, 0.3) is 0 Å². The van der Waals surface area contributed by atoms with E-state index in [4.69, 9.17) is 5.73 Å². The average molecular weight is 234 g/mol.